The van der Waals surface area contributed by atoms with Crippen LogP contribution in [-0.4, -0.2) is 18.4 Å². The molecule has 9 rings (SSSR count). The molecule has 36 heavy (non-hydrogen) atoms. The van der Waals surface area contributed by atoms with E-state index in [1.54, 1.807) is 10.9 Å². The summed E-state index contributed by atoms with van der Waals surface area (Å²) >= 11 is 0. The van der Waals surface area contributed by atoms with Crippen molar-refractivity contribution in [3.63, 3.8) is 0 Å². The van der Waals surface area contributed by atoms with Gasteiger partial charge in [-0.2, -0.15) is 0 Å². The molecule has 0 fully saturated rings. The number of nitrogens with zero attached hydrogens (tertiary/aromatic N) is 1. The van der Waals surface area contributed by atoms with Crippen molar-refractivity contribution in [3.05, 3.63) is 136 Å². The fourth-order valence-electron chi connectivity index (χ4n) is 7.78. The maximum Gasteiger partial charge on any atom is 0.244 e. The molecule has 0 radical (unpaired) electrons. The summed E-state index contributed by atoms with van der Waals surface area (Å²) in [4.78, 5) is 5.50. The number of pyridine rings is 1. The molecule has 3 heteroatoms. The number of rotatable bonds is 0. The zero-order valence-electron chi connectivity index (χ0n) is 20.1. The summed E-state index contributed by atoms with van der Waals surface area (Å²) in [5, 5.41) is 0. The fourth-order valence-corrected chi connectivity index (χ4v) is 7.78. The minimum absolute atomic E-state index is 0.290. The molecule has 4 aromatic carbocycles. The Morgan fingerprint density at radius 2 is 0.833 bits per heavy atom. The lowest BCUT2D eigenvalue weighted by molar-refractivity contribution is 1.000. The van der Waals surface area contributed by atoms with Gasteiger partial charge in [0.1, 0.15) is 0 Å². The quantitative estimate of drug-likeness (QED) is 0.318. The molecule has 4 aliphatic rings. The highest BCUT2D eigenvalue weighted by atomic mass is 14.7. The molecule has 0 aliphatic carbocycles. The second kappa shape index (κ2) is 6.89. The summed E-state index contributed by atoms with van der Waals surface area (Å²) < 4.78 is 0. The van der Waals surface area contributed by atoms with Crippen LogP contribution in [-0.2, 0) is 25.7 Å². The molecule has 1 nitrogen and oxygen atoms in total. The molecule has 5 aromatic rings. The van der Waals surface area contributed by atoms with Gasteiger partial charge in [-0.3, -0.25) is 4.98 Å². The maximum atomic E-state index is 5.50. The summed E-state index contributed by atoms with van der Waals surface area (Å²) in [5.41, 5.74) is 20.3. The standard InChI is InChI=1S/C33H23B2N/c1-3-13-26-20(7-1)15-22-9-5-11-24-17-30-28(34(26)32(22)24)19-29-31(36-30)18-25-12-6-10-23-16-21-8-2-4-14-27(21)35(29)33(23)25/h1-14,19H,15-18H2. The third-order valence-corrected chi connectivity index (χ3v) is 9.23. The van der Waals surface area contributed by atoms with E-state index >= 15 is 0 Å². The SMILES string of the molecule is c1ccc2c(c1)Cc1cccc3c1B2c1cc2c(nc1C3)Cc1cccc3c1B2c1ccccc1C3. The molecule has 0 bridgehead atoms. The third-order valence-electron chi connectivity index (χ3n) is 9.23. The number of hydrogen-bond donors (Lipinski definition) is 0. The molecule has 166 valence electrons. The van der Waals surface area contributed by atoms with Gasteiger partial charge in [0, 0.05) is 24.2 Å². The van der Waals surface area contributed by atoms with Gasteiger partial charge in [0.2, 0.25) is 13.4 Å². The van der Waals surface area contributed by atoms with Crippen molar-refractivity contribution < 1.29 is 0 Å². The van der Waals surface area contributed by atoms with Gasteiger partial charge in [-0.15, -0.1) is 0 Å². The van der Waals surface area contributed by atoms with E-state index in [9.17, 15) is 0 Å². The lowest BCUT2D eigenvalue weighted by atomic mass is 9.28. The zero-order valence-corrected chi connectivity index (χ0v) is 20.1. The second-order valence-corrected chi connectivity index (χ2v) is 11.0. The smallest absolute Gasteiger partial charge is 0.244 e. The van der Waals surface area contributed by atoms with Gasteiger partial charge in [-0.1, -0.05) is 113 Å². The van der Waals surface area contributed by atoms with Gasteiger partial charge in [0.15, 0.2) is 0 Å². The minimum Gasteiger partial charge on any atom is -0.258 e. The van der Waals surface area contributed by atoms with Crippen LogP contribution in [0.3, 0.4) is 0 Å². The highest BCUT2D eigenvalue weighted by Crippen LogP contribution is 2.25. The summed E-state index contributed by atoms with van der Waals surface area (Å²) in [6, 6.07) is 34.6. The fraction of sp³-hybridized carbons (Fsp3) is 0.121. The molecule has 0 amide bonds. The summed E-state index contributed by atoms with van der Waals surface area (Å²) in [6.07, 6.45) is 3.96. The van der Waals surface area contributed by atoms with Crippen molar-refractivity contribution in [1.82, 2.24) is 4.98 Å². The van der Waals surface area contributed by atoms with Crippen molar-refractivity contribution in [3.8, 4) is 0 Å². The Labute approximate surface area is 212 Å². The van der Waals surface area contributed by atoms with E-state index in [1.165, 1.54) is 66.6 Å². The Bertz CT molecular complexity index is 1640. The van der Waals surface area contributed by atoms with Crippen LogP contribution in [0.1, 0.15) is 44.8 Å². The Hall–Kier alpha value is -3.84. The van der Waals surface area contributed by atoms with E-state index in [0.717, 1.165) is 25.7 Å². The van der Waals surface area contributed by atoms with Crippen molar-refractivity contribution >= 4 is 46.2 Å². The molecule has 0 N–H and O–H groups in total. The van der Waals surface area contributed by atoms with E-state index in [1.807, 2.05) is 0 Å². The maximum absolute atomic E-state index is 5.50. The van der Waals surface area contributed by atoms with E-state index < -0.39 is 0 Å². The van der Waals surface area contributed by atoms with E-state index in [-0.39, 0.29) is 13.4 Å². The summed E-state index contributed by atoms with van der Waals surface area (Å²) in [7, 11) is 0. The van der Waals surface area contributed by atoms with Gasteiger partial charge in [0.25, 0.3) is 0 Å². The van der Waals surface area contributed by atoms with Crippen molar-refractivity contribution in [2.75, 3.05) is 0 Å². The van der Waals surface area contributed by atoms with Gasteiger partial charge in [0.05, 0.1) is 0 Å². The van der Waals surface area contributed by atoms with Crippen LogP contribution in [0.5, 0.6) is 0 Å². The number of hydrogen-bond acceptors (Lipinski definition) is 1. The van der Waals surface area contributed by atoms with Crippen LogP contribution in [0.4, 0.5) is 0 Å². The Balaban J connectivity index is 1.33. The lowest BCUT2D eigenvalue weighted by Gasteiger charge is -2.37. The van der Waals surface area contributed by atoms with Crippen LogP contribution >= 0.6 is 0 Å². The van der Waals surface area contributed by atoms with Crippen LogP contribution < -0.4 is 32.8 Å². The van der Waals surface area contributed by atoms with Crippen LogP contribution in [0.15, 0.2) is 91.0 Å². The average Bonchev–Trinajstić information content (AvgIpc) is 2.92. The second-order valence-electron chi connectivity index (χ2n) is 11.0. The Morgan fingerprint density at radius 3 is 1.33 bits per heavy atom. The topological polar surface area (TPSA) is 12.9 Å². The van der Waals surface area contributed by atoms with Crippen molar-refractivity contribution in [2.45, 2.75) is 25.7 Å². The average molecular weight is 455 g/mol. The number of aromatic nitrogens is 1. The molecule has 4 aliphatic heterocycles. The Morgan fingerprint density at radius 1 is 0.417 bits per heavy atom. The van der Waals surface area contributed by atoms with Crippen LogP contribution in [0, 0.1) is 0 Å². The van der Waals surface area contributed by atoms with E-state index in [2.05, 4.69) is 91.0 Å². The molecule has 0 unspecified atom stereocenters. The first-order valence-corrected chi connectivity index (χ1v) is 13.2. The van der Waals surface area contributed by atoms with Gasteiger partial charge >= 0.3 is 0 Å². The lowest BCUT2D eigenvalue weighted by Crippen LogP contribution is -2.65. The predicted octanol–water partition coefficient (Wildman–Crippen LogP) is 1.73. The van der Waals surface area contributed by atoms with Crippen molar-refractivity contribution in [1.29, 1.82) is 0 Å². The largest absolute Gasteiger partial charge is 0.258 e. The van der Waals surface area contributed by atoms with E-state index in [4.69, 9.17) is 4.98 Å². The van der Waals surface area contributed by atoms with Gasteiger partial charge in [-0.05, 0) is 57.1 Å². The van der Waals surface area contributed by atoms with Gasteiger partial charge in [-0.25, -0.2) is 0 Å². The first kappa shape index (κ1) is 19.4. The zero-order chi connectivity index (χ0) is 23.4. The molecule has 0 saturated carbocycles. The normalized spacial score (nSPS) is 15.2. The molecule has 5 heterocycles. The third kappa shape index (κ3) is 2.46. The molecule has 0 atom stereocenters. The molecule has 1 aromatic heterocycles. The highest BCUT2D eigenvalue weighted by Gasteiger charge is 2.41. The number of benzene rings is 4. The first-order valence-electron chi connectivity index (χ1n) is 13.2. The van der Waals surface area contributed by atoms with Crippen molar-refractivity contribution in [2.24, 2.45) is 0 Å². The molecular weight excluding hydrogens is 432 g/mol. The van der Waals surface area contributed by atoms with Crippen LogP contribution in [0.25, 0.3) is 0 Å². The molecule has 0 spiro atoms. The monoisotopic (exact) mass is 455 g/mol. The Kier molecular flexibility index (Phi) is 3.70. The predicted molar refractivity (Wildman–Crippen MR) is 151 cm³/mol. The molecular formula is C33H23B2N. The first-order chi connectivity index (χ1) is 17.8. The highest BCUT2D eigenvalue weighted by molar-refractivity contribution is 6.99. The molecule has 0 saturated heterocycles. The number of fused-ring (bicyclic) bond motifs is 8. The van der Waals surface area contributed by atoms with Gasteiger partial charge < -0.3 is 0 Å². The van der Waals surface area contributed by atoms with E-state index in [0.29, 0.717) is 0 Å². The summed E-state index contributed by atoms with van der Waals surface area (Å²) in [5.74, 6) is 0. The summed E-state index contributed by atoms with van der Waals surface area (Å²) in [6.45, 7) is 0.580. The van der Waals surface area contributed by atoms with Crippen LogP contribution in [0.2, 0.25) is 0 Å². The minimum atomic E-state index is 0.290.